The van der Waals surface area contributed by atoms with Crippen molar-refractivity contribution >= 4 is 5.69 Å². The molecule has 0 bridgehead atoms. The number of ether oxygens (including phenoxy) is 2. The van der Waals surface area contributed by atoms with Crippen LogP contribution in [0, 0.1) is 16.0 Å². The Morgan fingerprint density at radius 2 is 1.90 bits per heavy atom. The Kier molecular flexibility index (Phi) is 3.90. The number of rotatable bonds is 2. The number of hydrogen-bond acceptors (Lipinski definition) is 6. The number of nitrogens with zero attached hydrogens (tertiary/aromatic N) is 2. The molecule has 0 unspecified atom stereocenters. The van der Waals surface area contributed by atoms with E-state index in [4.69, 9.17) is 14.3 Å². The highest BCUT2D eigenvalue weighted by Crippen LogP contribution is 2.40. The van der Waals surface area contributed by atoms with Crippen molar-refractivity contribution in [1.82, 2.24) is 5.06 Å². The summed E-state index contributed by atoms with van der Waals surface area (Å²) < 4.78 is 11.2. The number of nitro groups is 1. The first-order valence-electron chi connectivity index (χ1n) is 6.93. The highest BCUT2D eigenvalue weighted by atomic mass is 16.7. The summed E-state index contributed by atoms with van der Waals surface area (Å²) in [5.41, 5.74) is 1.07. The van der Waals surface area contributed by atoms with Gasteiger partial charge < -0.3 is 9.47 Å². The van der Waals surface area contributed by atoms with Gasteiger partial charge in [0, 0.05) is 25.1 Å². The minimum Gasteiger partial charge on any atom is -0.353 e. The van der Waals surface area contributed by atoms with Crippen LogP contribution < -0.4 is 0 Å². The van der Waals surface area contributed by atoms with Crippen LogP contribution in [0.15, 0.2) is 24.3 Å². The van der Waals surface area contributed by atoms with E-state index < -0.39 is 4.92 Å². The number of fused-ring (bicyclic) bond motifs is 1. The van der Waals surface area contributed by atoms with Crippen LogP contribution in [0.4, 0.5) is 5.69 Å². The van der Waals surface area contributed by atoms with Crippen LogP contribution in [0.2, 0.25) is 0 Å². The van der Waals surface area contributed by atoms with Crippen molar-refractivity contribution in [3.05, 3.63) is 39.9 Å². The van der Waals surface area contributed by atoms with Gasteiger partial charge in [0.05, 0.1) is 24.2 Å². The lowest BCUT2D eigenvalue weighted by molar-refractivity contribution is -0.384. The van der Waals surface area contributed by atoms with Gasteiger partial charge in [0.25, 0.3) is 5.69 Å². The molecule has 2 heterocycles. The summed E-state index contributed by atoms with van der Waals surface area (Å²) in [5.74, 6) is 0.140. The second-order valence-electron chi connectivity index (χ2n) is 5.38. The molecule has 2 fully saturated rings. The molecule has 0 radical (unpaired) electrons. The van der Waals surface area contributed by atoms with E-state index in [1.54, 1.807) is 17.2 Å². The topological polar surface area (TPSA) is 74.1 Å². The predicted octanol–water partition coefficient (Wildman–Crippen LogP) is 1.89. The van der Waals surface area contributed by atoms with Gasteiger partial charge in [-0.2, -0.15) is 5.06 Å². The fourth-order valence-electron chi connectivity index (χ4n) is 2.96. The summed E-state index contributed by atoms with van der Waals surface area (Å²) in [6.07, 6.45) is -0.290. The molecule has 0 aliphatic carbocycles. The van der Waals surface area contributed by atoms with Crippen molar-refractivity contribution in [2.75, 3.05) is 20.3 Å². The average molecular weight is 294 g/mol. The molecule has 1 aromatic rings. The minimum atomic E-state index is -0.397. The lowest BCUT2D eigenvalue weighted by Crippen LogP contribution is -2.25. The summed E-state index contributed by atoms with van der Waals surface area (Å²) in [6, 6.07) is 6.60. The second kappa shape index (κ2) is 5.69. The number of non-ortho nitro benzene ring substituents is 1. The molecular formula is C14H18N2O5. The van der Waals surface area contributed by atoms with Crippen LogP contribution in [0.5, 0.6) is 0 Å². The second-order valence-corrected chi connectivity index (χ2v) is 5.38. The molecule has 0 amide bonds. The van der Waals surface area contributed by atoms with Crippen LogP contribution in [-0.2, 0) is 14.3 Å². The van der Waals surface area contributed by atoms with Crippen molar-refractivity contribution in [2.45, 2.75) is 25.4 Å². The third kappa shape index (κ3) is 2.77. The zero-order chi connectivity index (χ0) is 15.0. The normalized spacial score (nSPS) is 33.4. The summed E-state index contributed by atoms with van der Waals surface area (Å²) in [6.45, 7) is 2.89. The maximum absolute atomic E-state index is 10.7. The third-order valence-electron chi connectivity index (χ3n) is 4.04. The number of hydrogen-bond donors (Lipinski definition) is 0. The maximum atomic E-state index is 10.7. The fourth-order valence-corrected chi connectivity index (χ4v) is 2.96. The van der Waals surface area contributed by atoms with Gasteiger partial charge in [-0.15, -0.1) is 0 Å². The van der Waals surface area contributed by atoms with E-state index >= 15 is 0 Å². The van der Waals surface area contributed by atoms with Crippen molar-refractivity contribution in [2.24, 2.45) is 5.92 Å². The SMILES string of the molecule is C[C@H]1OC[C@H]2[C@H](CO1)ON(C)[C@@H]2c1ccc([N+](=O)[O-])cc1. The fraction of sp³-hybridized carbons (Fsp3) is 0.571. The van der Waals surface area contributed by atoms with Crippen LogP contribution in [-0.4, -0.2) is 42.6 Å². The van der Waals surface area contributed by atoms with Gasteiger partial charge in [-0.05, 0) is 12.5 Å². The molecule has 7 heteroatoms. The molecule has 7 nitrogen and oxygen atoms in total. The molecule has 114 valence electrons. The highest BCUT2D eigenvalue weighted by molar-refractivity contribution is 5.34. The Hall–Kier alpha value is -1.54. The first-order valence-corrected chi connectivity index (χ1v) is 6.93. The summed E-state index contributed by atoms with van der Waals surface area (Å²) in [5, 5.41) is 12.5. The van der Waals surface area contributed by atoms with Gasteiger partial charge in [0.1, 0.15) is 6.10 Å². The Morgan fingerprint density at radius 3 is 2.57 bits per heavy atom. The van der Waals surface area contributed by atoms with Crippen molar-refractivity contribution in [3.8, 4) is 0 Å². The molecule has 0 aromatic heterocycles. The molecule has 2 aliphatic heterocycles. The Labute approximate surface area is 122 Å². The molecule has 1 aromatic carbocycles. The number of hydroxylamine groups is 2. The van der Waals surface area contributed by atoms with E-state index in [0.29, 0.717) is 13.2 Å². The molecule has 4 atom stereocenters. The van der Waals surface area contributed by atoms with E-state index in [1.165, 1.54) is 12.1 Å². The predicted molar refractivity (Wildman–Crippen MR) is 73.3 cm³/mol. The molecule has 2 saturated heterocycles. The van der Waals surface area contributed by atoms with Gasteiger partial charge in [0.2, 0.25) is 0 Å². The zero-order valence-corrected chi connectivity index (χ0v) is 12.0. The van der Waals surface area contributed by atoms with Gasteiger partial charge in [-0.3, -0.25) is 15.0 Å². The molecule has 2 aliphatic rings. The van der Waals surface area contributed by atoms with Crippen LogP contribution in [0.1, 0.15) is 18.5 Å². The van der Waals surface area contributed by atoms with Gasteiger partial charge in [-0.25, -0.2) is 0 Å². The highest BCUT2D eigenvalue weighted by Gasteiger charge is 2.44. The van der Waals surface area contributed by atoms with Crippen LogP contribution in [0.25, 0.3) is 0 Å². The van der Waals surface area contributed by atoms with Crippen molar-refractivity contribution in [1.29, 1.82) is 0 Å². The third-order valence-corrected chi connectivity index (χ3v) is 4.04. The smallest absolute Gasteiger partial charge is 0.269 e. The molecular weight excluding hydrogens is 276 g/mol. The van der Waals surface area contributed by atoms with Crippen molar-refractivity contribution in [3.63, 3.8) is 0 Å². The maximum Gasteiger partial charge on any atom is 0.269 e. The first-order chi connectivity index (χ1) is 10.1. The minimum absolute atomic E-state index is 0.00436. The first kappa shape index (κ1) is 14.4. The van der Waals surface area contributed by atoms with Gasteiger partial charge in [-0.1, -0.05) is 12.1 Å². The molecule has 21 heavy (non-hydrogen) atoms. The molecule has 0 spiro atoms. The molecule has 0 N–H and O–H groups in total. The molecule has 0 saturated carbocycles. The number of benzene rings is 1. The van der Waals surface area contributed by atoms with Gasteiger partial charge >= 0.3 is 0 Å². The Balaban J connectivity index is 1.84. The van der Waals surface area contributed by atoms with Gasteiger partial charge in [0.15, 0.2) is 6.29 Å². The van der Waals surface area contributed by atoms with E-state index in [1.807, 2.05) is 14.0 Å². The number of nitro benzene ring substituents is 1. The summed E-state index contributed by atoms with van der Waals surface area (Å²) >= 11 is 0. The Morgan fingerprint density at radius 1 is 1.24 bits per heavy atom. The molecule has 3 rings (SSSR count). The lowest BCUT2D eigenvalue weighted by atomic mass is 9.90. The monoisotopic (exact) mass is 294 g/mol. The van der Waals surface area contributed by atoms with E-state index in [2.05, 4.69) is 0 Å². The van der Waals surface area contributed by atoms with E-state index in [-0.39, 0.29) is 30.0 Å². The van der Waals surface area contributed by atoms with Crippen molar-refractivity contribution < 1.29 is 19.2 Å². The lowest BCUT2D eigenvalue weighted by Gasteiger charge is -2.23. The summed E-state index contributed by atoms with van der Waals surface area (Å²) in [7, 11) is 1.87. The largest absolute Gasteiger partial charge is 0.353 e. The quantitative estimate of drug-likeness (QED) is 0.612. The van der Waals surface area contributed by atoms with Crippen LogP contribution in [0.3, 0.4) is 0 Å². The van der Waals surface area contributed by atoms with E-state index in [9.17, 15) is 10.1 Å². The Bertz CT molecular complexity index is 521. The zero-order valence-electron chi connectivity index (χ0n) is 12.0. The van der Waals surface area contributed by atoms with E-state index in [0.717, 1.165) is 5.56 Å². The average Bonchev–Trinajstić information content (AvgIpc) is 2.68. The standard InChI is InChI=1S/C14H18N2O5/c1-9-19-7-12-13(8-20-9)21-15(2)14(12)10-3-5-11(6-4-10)16(17)18/h3-6,9,12-14H,7-8H2,1-2H3/t9-,12-,13-,14+/m0/s1. The van der Waals surface area contributed by atoms with Crippen LogP contribution >= 0.6 is 0 Å². The summed E-state index contributed by atoms with van der Waals surface area (Å²) in [4.78, 5) is 16.2.